The average Bonchev–Trinajstić information content (AvgIpc) is 2.46. The maximum atomic E-state index is 10.8. The standard InChI is InChI=1S/C12H12N4O3/c1-19-10-7-14-12(15-8-10)13-6-9-4-2-3-5-11(9)16(17)18/h2-5,7-8H,6H2,1H3,(H,13,14,15). The number of nitrogens with zero attached hydrogens (tertiary/aromatic N) is 3. The normalized spacial score (nSPS) is 9.95. The van der Waals surface area contributed by atoms with Crippen molar-refractivity contribution in [1.82, 2.24) is 9.97 Å². The molecule has 2 rings (SSSR count). The van der Waals surface area contributed by atoms with Gasteiger partial charge in [0.1, 0.15) is 0 Å². The molecule has 2 aromatic rings. The number of ether oxygens (including phenoxy) is 1. The molecule has 0 aliphatic rings. The molecule has 0 unspecified atom stereocenters. The smallest absolute Gasteiger partial charge is 0.274 e. The summed E-state index contributed by atoms with van der Waals surface area (Å²) in [5.41, 5.74) is 0.649. The first kappa shape index (κ1) is 12.7. The second-order valence-corrected chi connectivity index (χ2v) is 3.69. The number of para-hydroxylation sites is 1. The van der Waals surface area contributed by atoms with E-state index in [1.54, 1.807) is 18.2 Å². The Morgan fingerprint density at radius 3 is 2.63 bits per heavy atom. The van der Waals surface area contributed by atoms with Gasteiger partial charge in [0.05, 0.1) is 24.4 Å². The largest absolute Gasteiger partial charge is 0.494 e. The Morgan fingerprint density at radius 1 is 1.32 bits per heavy atom. The van der Waals surface area contributed by atoms with Crippen LogP contribution in [0.2, 0.25) is 0 Å². The lowest BCUT2D eigenvalue weighted by Crippen LogP contribution is -2.05. The van der Waals surface area contributed by atoms with Crippen LogP contribution in [-0.4, -0.2) is 22.0 Å². The minimum absolute atomic E-state index is 0.0727. The summed E-state index contributed by atoms with van der Waals surface area (Å²) >= 11 is 0. The highest BCUT2D eigenvalue weighted by Crippen LogP contribution is 2.18. The highest BCUT2D eigenvalue weighted by Gasteiger charge is 2.11. The van der Waals surface area contributed by atoms with E-state index in [0.29, 0.717) is 17.3 Å². The molecule has 1 heterocycles. The van der Waals surface area contributed by atoms with Crippen molar-refractivity contribution < 1.29 is 9.66 Å². The number of nitro groups is 1. The Balaban J connectivity index is 2.07. The van der Waals surface area contributed by atoms with E-state index in [0.717, 1.165) is 0 Å². The molecule has 0 bridgehead atoms. The van der Waals surface area contributed by atoms with E-state index in [4.69, 9.17) is 4.74 Å². The minimum atomic E-state index is -0.411. The van der Waals surface area contributed by atoms with Crippen molar-refractivity contribution in [1.29, 1.82) is 0 Å². The fourth-order valence-electron chi connectivity index (χ4n) is 1.53. The Hall–Kier alpha value is -2.70. The predicted octanol–water partition coefficient (Wildman–Crippen LogP) is 2.01. The molecule has 1 aromatic heterocycles. The van der Waals surface area contributed by atoms with Gasteiger partial charge in [-0.2, -0.15) is 0 Å². The third-order valence-corrected chi connectivity index (χ3v) is 2.49. The van der Waals surface area contributed by atoms with Gasteiger partial charge < -0.3 is 10.1 Å². The minimum Gasteiger partial charge on any atom is -0.494 e. The number of benzene rings is 1. The molecule has 0 aliphatic heterocycles. The van der Waals surface area contributed by atoms with Gasteiger partial charge in [0, 0.05) is 18.2 Å². The summed E-state index contributed by atoms with van der Waals surface area (Å²) < 4.78 is 4.94. The number of nitro benzene ring substituents is 1. The van der Waals surface area contributed by atoms with E-state index in [2.05, 4.69) is 15.3 Å². The highest BCUT2D eigenvalue weighted by atomic mass is 16.6. The molecule has 0 fully saturated rings. The van der Waals surface area contributed by atoms with E-state index < -0.39 is 4.92 Å². The molecule has 0 saturated carbocycles. The molecule has 7 nitrogen and oxygen atoms in total. The van der Waals surface area contributed by atoms with Gasteiger partial charge in [0.25, 0.3) is 5.69 Å². The first-order valence-electron chi connectivity index (χ1n) is 5.53. The van der Waals surface area contributed by atoms with Crippen molar-refractivity contribution in [3.63, 3.8) is 0 Å². The van der Waals surface area contributed by atoms with Gasteiger partial charge >= 0.3 is 0 Å². The predicted molar refractivity (Wildman–Crippen MR) is 69.0 cm³/mol. The zero-order valence-electron chi connectivity index (χ0n) is 10.2. The summed E-state index contributed by atoms with van der Waals surface area (Å²) in [6.07, 6.45) is 3.05. The third kappa shape index (κ3) is 3.15. The van der Waals surface area contributed by atoms with Crippen molar-refractivity contribution in [2.45, 2.75) is 6.54 Å². The summed E-state index contributed by atoms with van der Waals surface area (Å²) in [7, 11) is 1.53. The van der Waals surface area contributed by atoms with Gasteiger partial charge in [-0.05, 0) is 0 Å². The third-order valence-electron chi connectivity index (χ3n) is 2.49. The van der Waals surface area contributed by atoms with E-state index in [9.17, 15) is 10.1 Å². The lowest BCUT2D eigenvalue weighted by molar-refractivity contribution is -0.385. The summed E-state index contributed by atoms with van der Waals surface area (Å²) in [6.45, 7) is 0.281. The molecule has 0 atom stereocenters. The van der Waals surface area contributed by atoms with Crippen LogP contribution in [0.1, 0.15) is 5.56 Å². The van der Waals surface area contributed by atoms with Gasteiger partial charge in [-0.3, -0.25) is 10.1 Å². The van der Waals surface area contributed by atoms with Crippen LogP contribution < -0.4 is 10.1 Å². The molecule has 0 radical (unpaired) electrons. The van der Waals surface area contributed by atoms with Crippen LogP contribution in [0.4, 0.5) is 11.6 Å². The van der Waals surface area contributed by atoms with E-state index in [1.807, 2.05) is 0 Å². The molecule has 1 N–H and O–H groups in total. The molecule has 19 heavy (non-hydrogen) atoms. The highest BCUT2D eigenvalue weighted by molar-refractivity contribution is 5.42. The van der Waals surface area contributed by atoms with Crippen LogP contribution in [0.15, 0.2) is 36.7 Å². The Kier molecular flexibility index (Phi) is 3.87. The van der Waals surface area contributed by atoms with Crippen LogP contribution in [0, 0.1) is 10.1 Å². The Bertz CT molecular complexity index is 571. The number of hydrogen-bond donors (Lipinski definition) is 1. The Morgan fingerprint density at radius 2 is 2.00 bits per heavy atom. The average molecular weight is 260 g/mol. The van der Waals surface area contributed by atoms with Crippen LogP contribution in [0.5, 0.6) is 5.75 Å². The number of nitrogens with one attached hydrogen (secondary N) is 1. The maximum Gasteiger partial charge on any atom is 0.274 e. The second-order valence-electron chi connectivity index (χ2n) is 3.69. The van der Waals surface area contributed by atoms with Gasteiger partial charge in [-0.15, -0.1) is 0 Å². The fraction of sp³-hybridized carbons (Fsp3) is 0.167. The zero-order chi connectivity index (χ0) is 13.7. The molecule has 1 aromatic carbocycles. The number of anilines is 1. The van der Waals surface area contributed by atoms with Crippen LogP contribution >= 0.6 is 0 Å². The molecule has 0 spiro atoms. The van der Waals surface area contributed by atoms with Crippen LogP contribution in [0.25, 0.3) is 0 Å². The molecule has 0 saturated heterocycles. The zero-order valence-corrected chi connectivity index (χ0v) is 10.2. The van der Waals surface area contributed by atoms with Gasteiger partial charge in [-0.25, -0.2) is 9.97 Å². The summed E-state index contributed by atoms with van der Waals surface area (Å²) in [6, 6.07) is 6.53. The molecule has 0 amide bonds. The van der Waals surface area contributed by atoms with Gasteiger partial charge in [0.15, 0.2) is 5.75 Å². The van der Waals surface area contributed by atoms with E-state index >= 15 is 0 Å². The first-order chi connectivity index (χ1) is 9.20. The van der Waals surface area contributed by atoms with Crippen molar-refractivity contribution in [2.24, 2.45) is 0 Å². The van der Waals surface area contributed by atoms with Crippen LogP contribution in [0.3, 0.4) is 0 Å². The van der Waals surface area contributed by atoms with E-state index in [1.165, 1.54) is 25.6 Å². The van der Waals surface area contributed by atoms with E-state index in [-0.39, 0.29) is 12.2 Å². The Labute approximate surface area is 109 Å². The maximum absolute atomic E-state index is 10.8. The van der Waals surface area contributed by atoms with Gasteiger partial charge in [-0.1, -0.05) is 18.2 Å². The van der Waals surface area contributed by atoms with Crippen LogP contribution in [-0.2, 0) is 6.54 Å². The molecular formula is C12H12N4O3. The quantitative estimate of drug-likeness (QED) is 0.653. The van der Waals surface area contributed by atoms with Gasteiger partial charge in [0.2, 0.25) is 5.95 Å². The fourth-order valence-corrected chi connectivity index (χ4v) is 1.53. The number of aromatic nitrogens is 2. The molecular weight excluding hydrogens is 248 g/mol. The SMILES string of the molecule is COc1cnc(NCc2ccccc2[N+](=O)[O-])nc1. The lowest BCUT2D eigenvalue weighted by Gasteiger charge is -2.05. The lowest BCUT2D eigenvalue weighted by atomic mass is 10.2. The van der Waals surface area contributed by atoms with Crippen molar-refractivity contribution in [2.75, 3.05) is 12.4 Å². The monoisotopic (exact) mass is 260 g/mol. The summed E-state index contributed by atoms with van der Waals surface area (Å²) in [5, 5.41) is 13.8. The number of methoxy groups -OCH3 is 1. The van der Waals surface area contributed by atoms with Crippen molar-refractivity contribution in [3.05, 3.63) is 52.3 Å². The number of hydrogen-bond acceptors (Lipinski definition) is 6. The second kappa shape index (κ2) is 5.76. The summed E-state index contributed by atoms with van der Waals surface area (Å²) in [5.74, 6) is 0.940. The molecule has 98 valence electrons. The first-order valence-corrected chi connectivity index (χ1v) is 5.53. The van der Waals surface area contributed by atoms with Crippen molar-refractivity contribution >= 4 is 11.6 Å². The summed E-state index contributed by atoms with van der Waals surface area (Å²) in [4.78, 5) is 18.5. The van der Waals surface area contributed by atoms with Crippen molar-refractivity contribution in [3.8, 4) is 5.75 Å². The molecule has 0 aliphatic carbocycles. The molecule has 7 heteroatoms. The topological polar surface area (TPSA) is 90.2 Å². The number of rotatable bonds is 5.